The molecule has 2 aliphatic heterocycles. The molecule has 2 amide bonds. The lowest BCUT2D eigenvalue weighted by atomic mass is 9.96. The molecule has 132 valence electrons. The van der Waals surface area contributed by atoms with Gasteiger partial charge in [0.15, 0.2) is 6.29 Å². The standard InChI is InChI=1S/C19H28N2O3/c1-13(2)16-6-4-5-14(3)17(16)20-19(22)21-9-7-15(8-10-21)18-23-11-12-24-18/h4-6,13,15,18H,7-12H2,1-3H3,(H,20,22). The molecule has 0 aliphatic carbocycles. The normalized spacial score (nSPS) is 19.9. The summed E-state index contributed by atoms with van der Waals surface area (Å²) in [5.41, 5.74) is 3.25. The Labute approximate surface area is 144 Å². The zero-order valence-corrected chi connectivity index (χ0v) is 14.9. The van der Waals surface area contributed by atoms with Gasteiger partial charge in [-0.25, -0.2) is 4.79 Å². The maximum Gasteiger partial charge on any atom is 0.321 e. The minimum absolute atomic E-state index is 0.00194. The van der Waals surface area contributed by atoms with Gasteiger partial charge < -0.3 is 19.7 Å². The van der Waals surface area contributed by atoms with Gasteiger partial charge in [0.25, 0.3) is 0 Å². The number of hydrogen-bond donors (Lipinski definition) is 1. The highest BCUT2D eigenvalue weighted by Gasteiger charge is 2.32. The minimum atomic E-state index is -0.0703. The average Bonchev–Trinajstić information content (AvgIpc) is 3.11. The van der Waals surface area contributed by atoms with E-state index in [1.54, 1.807) is 0 Å². The Bertz CT molecular complexity index is 574. The van der Waals surface area contributed by atoms with Crippen molar-refractivity contribution in [2.75, 3.05) is 31.6 Å². The lowest BCUT2D eigenvalue weighted by Crippen LogP contribution is -2.43. The van der Waals surface area contributed by atoms with E-state index in [9.17, 15) is 4.79 Å². The van der Waals surface area contributed by atoms with E-state index in [4.69, 9.17) is 9.47 Å². The van der Waals surface area contributed by atoms with Gasteiger partial charge in [-0.2, -0.15) is 0 Å². The average molecular weight is 332 g/mol. The Hall–Kier alpha value is -1.59. The maximum atomic E-state index is 12.7. The summed E-state index contributed by atoms with van der Waals surface area (Å²) in [6, 6.07) is 6.18. The van der Waals surface area contributed by atoms with Gasteiger partial charge >= 0.3 is 6.03 Å². The summed E-state index contributed by atoms with van der Waals surface area (Å²) >= 11 is 0. The molecule has 1 aromatic rings. The third kappa shape index (κ3) is 3.73. The van der Waals surface area contributed by atoms with Crippen LogP contribution in [0.4, 0.5) is 10.5 Å². The number of rotatable bonds is 3. The number of nitrogens with zero attached hydrogens (tertiary/aromatic N) is 1. The lowest BCUT2D eigenvalue weighted by molar-refractivity contribution is -0.0950. The molecule has 3 rings (SSSR count). The number of carbonyl (C=O) groups is 1. The first kappa shape index (κ1) is 17.2. The van der Waals surface area contributed by atoms with E-state index < -0.39 is 0 Å². The highest BCUT2D eigenvalue weighted by molar-refractivity contribution is 5.91. The monoisotopic (exact) mass is 332 g/mol. The summed E-state index contributed by atoms with van der Waals surface area (Å²) in [5.74, 6) is 0.781. The van der Waals surface area contributed by atoms with Crippen molar-refractivity contribution in [3.8, 4) is 0 Å². The van der Waals surface area contributed by atoms with Crippen molar-refractivity contribution in [2.45, 2.75) is 45.8 Å². The Morgan fingerprint density at radius 3 is 2.50 bits per heavy atom. The number of benzene rings is 1. The van der Waals surface area contributed by atoms with E-state index in [0.717, 1.165) is 37.2 Å². The van der Waals surface area contributed by atoms with Gasteiger partial charge in [-0.05, 0) is 36.8 Å². The van der Waals surface area contributed by atoms with Crippen LogP contribution in [0.5, 0.6) is 0 Å². The second kappa shape index (κ2) is 7.53. The fraction of sp³-hybridized carbons (Fsp3) is 0.632. The molecule has 0 saturated carbocycles. The van der Waals surface area contributed by atoms with Crippen molar-refractivity contribution in [1.29, 1.82) is 0 Å². The third-order valence-electron chi connectivity index (χ3n) is 5.02. The van der Waals surface area contributed by atoms with Crippen molar-refractivity contribution < 1.29 is 14.3 Å². The van der Waals surface area contributed by atoms with E-state index in [-0.39, 0.29) is 12.3 Å². The predicted octanol–water partition coefficient (Wildman–Crippen LogP) is 3.74. The molecule has 0 atom stereocenters. The number of anilines is 1. The number of aryl methyl sites for hydroxylation is 1. The molecule has 0 bridgehead atoms. The Kier molecular flexibility index (Phi) is 5.41. The molecule has 1 aromatic carbocycles. The van der Waals surface area contributed by atoms with Crippen molar-refractivity contribution in [1.82, 2.24) is 4.90 Å². The minimum Gasteiger partial charge on any atom is -0.350 e. The number of hydrogen-bond acceptors (Lipinski definition) is 3. The number of likely N-dealkylation sites (tertiary alicyclic amines) is 1. The molecule has 5 nitrogen and oxygen atoms in total. The van der Waals surface area contributed by atoms with Crippen LogP contribution in [0.25, 0.3) is 0 Å². The molecule has 0 spiro atoms. The van der Waals surface area contributed by atoms with Gasteiger partial charge in [0.05, 0.1) is 13.2 Å². The first-order chi connectivity index (χ1) is 11.6. The van der Waals surface area contributed by atoms with Crippen LogP contribution in [-0.4, -0.2) is 43.5 Å². The van der Waals surface area contributed by atoms with E-state index in [0.29, 0.717) is 25.0 Å². The van der Waals surface area contributed by atoms with Crippen molar-refractivity contribution in [2.24, 2.45) is 5.92 Å². The summed E-state index contributed by atoms with van der Waals surface area (Å²) < 4.78 is 11.2. The first-order valence-corrected chi connectivity index (χ1v) is 8.95. The molecule has 2 saturated heterocycles. The SMILES string of the molecule is Cc1cccc(C(C)C)c1NC(=O)N1CCC(C2OCCO2)CC1. The summed E-state index contributed by atoms with van der Waals surface area (Å²) in [6.45, 7) is 9.23. The molecule has 0 aromatic heterocycles. The molecule has 0 unspecified atom stereocenters. The fourth-order valence-electron chi connectivity index (χ4n) is 3.55. The highest BCUT2D eigenvalue weighted by Crippen LogP contribution is 2.29. The molecular formula is C19H28N2O3. The van der Waals surface area contributed by atoms with E-state index in [1.165, 1.54) is 5.56 Å². The molecule has 24 heavy (non-hydrogen) atoms. The summed E-state index contributed by atoms with van der Waals surface area (Å²) in [4.78, 5) is 14.6. The number of ether oxygens (including phenoxy) is 2. The summed E-state index contributed by atoms with van der Waals surface area (Å²) in [7, 11) is 0. The molecular weight excluding hydrogens is 304 g/mol. The Morgan fingerprint density at radius 2 is 1.88 bits per heavy atom. The number of para-hydroxylation sites is 1. The molecule has 1 N–H and O–H groups in total. The largest absolute Gasteiger partial charge is 0.350 e. The maximum absolute atomic E-state index is 12.7. The van der Waals surface area contributed by atoms with Crippen LogP contribution < -0.4 is 5.32 Å². The Morgan fingerprint density at radius 1 is 1.21 bits per heavy atom. The topological polar surface area (TPSA) is 50.8 Å². The quantitative estimate of drug-likeness (QED) is 0.917. The first-order valence-electron chi connectivity index (χ1n) is 8.95. The Balaban J connectivity index is 1.60. The summed E-state index contributed by atoms with van der Waals surface area (Å²) in [5, 5.41) is 3.14. The summed E-state index contributed by atoms with van der Waals surface area (Å²) in [6.07, 6.45) is 1.80. The van der Waals surface area contributed by atoms with Gasteiger partial charge in [0, 0.05) is 24.7 Å². The van der Waals surface area contributed by atoms with Crippen LogP contribution in [0.1, 0.15) is 43.7 Å². The van der Waals surface area contributed by atoms with Crippen LogP contribution in [0.3, 0.4) is 0 Å². The van der Waals surface area contributed by atoms with Crippen molar-refractivity contribution in [3.63, 3.8) is 0 Å². The van der Waals surface area contributed by atoms with Gasteiger partial charge in [0.2, 0.25) is 0 Å². The molecule has 2 heterocycles. The number of carbonyl (C=O) groups excluding carboxylic acids is 1. The number of nitrogens with one attached hydrogen (secondary N) is 1. The molecule has 5 heteroatoms. The number of urea groups is 1. The van der Waals surface area contributed by atoms with E-state index >= 15 is 0 Å². The number of amides is 2. The second-order valence-corrected chi connectivity index (χ2v) is 7.06. The fourth-order valence-corrected chi connectivity index (χ4v) is 3.55. The van der Waals surface area contributed by atoms with E-state index in [1.807, 2.05) is 24.0 Å². The van der Waals surface area contributed by atoms with Gasteiger partial charge in [-0.3, -0.25) is 0 Å². The van der Waals surface area contributed by atoms with Crippen LogP contribution >= 0.6 is 0 Å². The van der Waals surface area contributed by atoms with Gasteiger partial charge in [-0.15, -0.1) is 0 Å². The van der Waals surface area contributed by atoms with Gasteiger partial charge in [0.1, 0.15) is 0 Å². The third-order valence-corrected chi connectivity index (χ3v) is 5.02. The zero-order valence-electron chi connectivity index (χ0n) is 14.9. The van der Waals surface area contributed by atoms with E-state index in [2.05, 4.69) is 25.2 Å². The smallest absolute Gasteiger partial charge is 0.321 e. The van der Waals surface area contributed by atoms with Crippen LogP contribution in [0, 0.1) is 12.8 Å². The van der Waals surface area contributed by atoms with Crippen LogP contribution in [0.15, 0.2) is 18.2 Å². The van der Waals surface area contributed by atoms with Crippen LogP contribution in [-0.2, 0) is 9.47 Å². The van der Waals surface area contributed by atoms with Crippen molar-refractivity contribution in [3.05, 3.63) is 29.3 Å². The zero-order chi connectivity index (χ0) is 17.1. The molecule has 0 radical (unpaired) electrons. The van der Waals surface area contributed by atoms with Crippen molar-refractivity contribution >= 4 is 11.7 Å². The van der Waals surface area contributed by atoms with Crippen LogP contribution in [0.2, 0.25) is 0 Å². The molecule has 2 fully saturated rings. The lowest BCUT2D eigenvalue weighted by Gasteiger charge is -2.34. The second-order valence-electron chi connectivity index (χ2n) is 7.06. The predicted molar refractivity (Wildman–Crippen MR) is 94.3 cm³/mol. The molecule has 2 aliphatic rings. The number of piperidine rings is 1. The highest BCUT2D eigenvalue weighted by atomic mass is 16.7. The van der Waals surface area contributed by atoms with Gasteiger partial charge in [-0.1, -0.05) is 32.0 Å².